The van der Waals surface area contributed by atoms with Crippen LogP contribution in [0.15, 0.2) is 47.4 Å². The van der Waals surface area contributed by atoms with Crippen LogP contribution in [0.2, 0.25) is 5.02 Å². The Bertz CT molecular complexity index is 865. The maximum absolute atomic E-state index is 13.4. The molecule has 0 N–H and O–H groups in total. The minimum atomic E-state index is -3.59. The maximum atomic E-state index is 13.4. The number of piperazine rings is 1. The molecule has 4 nitrogen and oxygen atoms in total. The first-order valence-corrected chi connectivity index (χ1v) is 9.92. The van der Waals surface area contributed by atoms with Gasteiger partial charge in [-0.3, -0.25) is 4.90 Å². The van der Waals surface area contributed by atoms with Gasteiger partial charge in [0.25, 0.3) is 0 Å². The summed E-state index contributed by atoms with van der Waals surface area (Å²) in [4.78, 5) is 2.33. The van der Waals surface area contributed by atoms with Crippen LogP contribution in [0.4, 0.5) is 4.39 Å². The van der Waals surface area contributed by atoms with Gasteiger partial charge in [0.1, 0.15) is 5.82 Å². The van der Waals surface area contributed by atoms with E-state index < -0.39 is 15.8 Å². The fourth-order valence-corrected chi connectivity index (χ4v) is 4.63. The highest BCUT2D eigenvalue weighted by molar-refractivity contribution is 7.89. The number of rotatable bonds is 4. The summed E-state index contributed by atoms with van der Waals surface area (Å²) in [6.45, 7) is 4.33. The first-order chi connectivity index (χ1) is 11.9. The molecular formula is C18H20ClFN2O2S. The number of aryl methyl sites for hydroxylation is 1. The van der Waals surface area contributed by atoms with Crippen molar-refractivity contribution in [1.29, 1.82) is 0 Å². The predicted octanol–water partition coefficient (Wildman–Crippen LogP) is 3.29. The molecule has 0 bridgehead atoms. The van der Waals surface area contributed by atoms with E-state index in [1.54, 1.807) is 6.92 Å². The van der Waals surface area contributed by atoms with Gasteiger partial charge in [0.2, 0.25) is 10.0 Å². The molecule has 1 fully saturated rings. The molecule has 25 heavy (non-hydrogen) atoms. The van der Waals surface area contributed by atoms with Crippen molar-refractivity contribution in [3.8, 4) is 0 Å². The predicted molar refractivity (Wildman–Crippen MR) is 96.6 cm³/mol. The molecule has 0 atom stereocenters. The second-order valence-corrected chi connectivity index (χ2v) is 8.53. The molecule has 0 aliphatic carbocycles. The van der Waals surface area contributed by atoms with Crippen LogP contribution in [0, 0.1) is 12.7 Å². The molecule has 1 saturated heterocycles. The monoisotopic (exact) mass is 382 g/mol. The lowest BCUT2D eigenvalue weighted by Crippen LogP contribution is -2.48. The number of hydrogen-bond acceptors (Lipinski definition) is 3. The molecule has 1 aliphatic rings. The Kier molecular flexibility index (Phi) is 5.43. The third kappa shape index (κ3) is 4.03. The molecule has 0 spiro atoms. The summed E-state index contributed by atoms with van der Waals surface area (Å²) >= 11 is 6.19. The van der Waals surface area contributed by atoms with Crippen LogP contribution in [0.25, 0.3) is 0 Å². The van der Waals surface area contributed by atoms with E-state index in [2.05, 4.69) is 4.90 Å². The van der Waals surface area contributed by atoms with E-state index in [-0.39, 0.29) is 4.90 Å². The van der Waals surface area contributed by atoms with Gasteiger partial charge in [-0.2, -0.15) is 4.31 Å². The summed E-state index contributed by atoms with van der Waals surface area (Å²) < 4.78 is 40.3. The van der Waals surface area contributed by atoms with E-state index in [1.807, 2.05) is 24.3 Å². The van der Waals surface area contributed by atoms with Gasteiger partial charge in [-0.15, -0.1) is 0 Å². The summed E-state index contributed by atoms with van der Waals surface area (Å²) in [7, 11) is -3.59. The molecule has 0 aromatic heterocycles. The molecule has 7 heteroatoms. The van der Waals surface area contributed by atoms with Crippen LogP contribution in [-0.2, 0) is 16.6 Å². The molecule has 0 unspecified atom stereocenters. The molecule has 2 aromatic carbocycles. The highest BCUT2D eigenvalue weighted by Gasteiger charge is 2.28. The lowest BCUT2D eigenvalue weighted by Gasteiger charge is -2.34. The summed E-state index contributed by atoms with van der Waals surface area (Å²) in [6, 6.07) is 11.6. The minimum absolute atomic E-state index is 0.144. The van der Waals surface area contributed by atoms with Crippen LogP contribution in [0.1, 0.15) is 11.1 Å². The minimum Gasteiger partial charge on any atom is -0.296 e. The van der Waals surface area contributed by atoms with Crippen LogP contribution in [-0.4, -0.2) is 43.8 Å². The third-order valence-corrected chi connectivity index (χ3v) is 6.71. The number of hydrogen-bond donors (Lipinski definition) is 0. The Morgan fingerprint density at radius 2 is 1.76 bits per heavy atom. The zero-order valence-corrected chi connectivity index (χ0v) is 15.5. The van der Waals surface area contributed by atoms with Crippen molar-refractivity contribution in [2.75, 3.05) is 26.2 Å². The van der Waals surface area contributed by atoms with Crippen molar-refractivity contribution in [2.24, 2.45) is 0 Å². The molecule has 0 saturated carbocycles. The SMILES string of the molecule is Cc1cc(S(=O)(=O)N2CCN(Cc3ccccc3Cl)CC2)ccc1F. The standard InChI is InChI=1S/C18H20ClFN2O2S/c1-14-12-16(6-7-18(14)20)25(23,24)22-10-8-21(9-11-22)13-15-4-2-3-5-17(15)19/h2-7,12H,8-11,13H2,1H3. The van der Waals surface area contributed by atoms with E-state index in [0.29, 0.717) is 38.3 Å². The second-order valence-electron chi connectivity index (χ2n) is 6.18. The van der Waals surface area contributed by atoms with Gasteiger partial charge < -0.3 is 0 Å². The Morgan fingerprint density at radius 1 is 1.08 bits per heavy atom. The topological polar surface area (TPSA) is 40.6 Å². The normalized spacial score (nSPS) is 16.9. The summed E-state index contributed by atoms with van der Waals surface area (Å²) in [6.07, 6.45) is 0. The Hall–Kier alpha value is -1.47. The van der Waals surface area contributed by atoms with Crippen LogP contribution in [0.5, 0.6) is 0 Å². The van der Waals surface area contributed by atoms with Gasteiger partial charge in [-0.05, 0) is 42.3 Å². The van der Waals surface area contributed by atoms with E-state index in [0.717, 1.165) is 10.6 Å². The molecule has 2 aromatic rings. The van der Waals surface area contributed by atoms with Gasteiger partial charge in [0, 0.05) is 37.7 Å². The zero-order valence-electron chi connectivity index (χ0n) is 14.0. The average Bonchev–Trinajstić information content (AvgIpc) is 2.60. The molecule has 134 valence electrons. The molecule has 1 aliphatic heterocycles. The largest absolute Gasteiger partial charge is 0.296 e. The highest BCUT2D eigenvalue weighted by atomic mass is 35.5. The van der Waals surface area contributed by atoms with E-state index >= 15 is 0 Å². The first-order valence-electron chi connectivity index (χ1n) is 8.10. The molecule has 3 rings (SSSR count). The van der Waals surface area contributed by atoms with Gasteiger partial charge in [-0.1, -0.05) is 29.8 Å². The van der Waals surface area contributed by atoms with Gasteiger partial charge in [-0.25, -0.2) is 12.8 Å². The van der Waals surface area contributed by atoms with Gasteiger partial charge in [0.15, 0.2) is 0 Å². The van der Waals surface area contributed by atoms with Crippen LogP contribution < -0.4 is 0 Å². The van der Waals surface area contributed by atoms with Crippen LogP contribution >= 0.6 is 11.6 Å². The third-order valence-electron chi connectivity index (χ3n) is 4.45. The highest BCUT2D eigenvalue weighted by Crippen LogP contribution is 2.22. The Morgan fingerprint density at radius 3 is 2.40 bits per heavy atom. The fraction of sp³-hybridized carbons (Fsp3) is 0.333. The number of benzene rings is 2. The first kappa shape index (κ1) is 18.3. The number of sulfonamides is 1. The maximum Gasteiger partial charge on any atom is 0.243 e. The summed E-state index contributed by atoms with van der Waals surface area (Å²) in [5, 5.41) is 0.722. The summed E-state index contributed by atoms with van der Waals surface area (Å²) in [5.74, 6) is -0.400. The smallest absolute Gasteiger partial charge is 0.243 e. The molecule has 0 radical (unpaired) electrons. The van der Waals surface area contributed by atoms with Crippen molar-refractivity contribution < 1.29 is 12.8 Å². The Balaban J connectivity index is 1.67. The van der Waals surface area contributed by atoms with Gasteiger partial charge >= 0.3 is 0 Å². The Labute approximate surface area is 152 Å². The number of nitrogens with zero attached hydrogens (tertiary/aromatic N) is 2. The number of halogens is 2. The van der Waals surface area contributed by atoms with Crippen molar-refractivity contribution in [3.63, 3.8) is 0 Å². The van der Waals surface area contributed by atoms with E-state index in [1.165, 1.54) is 22.5 Å². The lowest BCUT2D eigenvalue weighted by molar-refractivity contribution is 0.181. The average molecular weight is 383 g/mol. The van der Waals surface area contributed by atoms with Crippen molar-refractivity contribution >= 4 is 21.6 Å². The van der Waals surface area contributed by atoms with E-state index in [4.69, 9.17) is 11.6 Å². The van der Waals surface area contributed by atoms with Crippen molar-refractivity contribution in [1.82, 2.24) is 9.21 Å². The second kappa shape index (κ2) is 7.41. The molecule has 0 amide bonds. The molecule has 1 heterocycles. The van der Waals surface area contributed by atoms with E-state index in [9.17, 15) is 12.8 Å². The lowest BCUT2D eigenvalue weighted by atomic mass is 10.2. The van der Waals surface area contributed by atoms with Crippen molar-refractivity contribution in [2.45, 2.75) is 18.4 Å². The van der Waals surface area contributed by atoms with Crippen molar-refractivity contribution in [3.05, 3.63) is 64.4 Å². The fourth-order valence-electron chi connectivity index (χ4n) is 2.92. The van der Waals surface area contributed by atoms with Gasteiger partial charge in [0.05, 0.1) is 4.90 Å². The zero-order chi connectivity index (χ0) is 18.0. The van der Waals surface area contributed by atoms with Crippen LogP contribution in [0.3, 0.4) is 0 Å². The summed E-state index contributed by atoms with van der Waals surface area (Å²) in [5.41, 5.74) is 1.37. The quantitative estimate of drug-likeness (QED) is 0.814. The molecular weight excluding hydrogens is 363 g/mol.